The third-order valence-corrected chi connectivity index (χ3v) is 16.5. The van der Waals surface area contributed by atoms with E-state index in [1.54, 1.807) is 45.0 Å². The number of aliphatic hydroxyl groups is 1. The number of nitrogens with one attached hydrogen (secondary N) is 4. The van der Waals surface area contributed by atoms with Crippen LogP contribution >= 0.6 is 22.3 Å². The summed E-state index contributed by atoms with van der Waals surface area (Å²) >= 11 is 5.48. The minimum Gasteiger partial charge on any atom is -0.744 e. The molecule has 0 aliphatic heterocycles. The van der Waals surface area contributed by atoms with E-state index < -0.39 is 63.8 Å². The van der Waals surface area contributed by atoms with Crippen molar-refractivity contribution in [3.8, 4) is 35.3 Å². The van der Waals surface area contributed by atoms with E-state index >= 15 is 0 Å². The number of nitro groups is 2. The number of amides is 2. The molecule has 9 aromatic rings. The molecule has 3 heterocycles. The number of nitrogens with zero attached hydrogens (tertiary/aromatic N) is 8. The van der Waals surface area contributed by atoms with Crippen molar-refractivity contribution in [1.82, 2.24) is 40.5 Å². The molecule has 38 nitrogen and oxygen atoms in total. The average Bonchev–Trinajstić information content (AvgIpc) is 0.817. The van der Waals surface area contributed by atoms with Gasteiger partial charge in [-0.15, -0.1) is 0 Å². The SMILES string of the molecule is CC(C)(C)OC(=O)NCCO.CC(C)(C)OC(=O)NCCOCc1ccccc1.COc1nc(Cl)nc(OC)c1[N+](=O)[O-].COc1nc(NCCOCc2ccccc2)nc(OC)c1N.COc1nc(NCCOCc2ccccc2)nc(OC)c1[N+](=O)[O-].Cc1ccc(S(=O)(=O)Cl)cc1.Cc1ccc(S(=O)(=O)[O-])cc1.NCCOCc1ccccc1. The van der Waals surface area contributed by atoms with Gasteiger partial charge < -0.3 is 99.2 Å². The summed E-state index contributed by atoms with van der Waals surface area (Å²) < 4.78 is 114. The molecule has 9 N–H and O–H groups in total. The summed E-state index contributed by atoms with van der Waals surface area (Å²) in [6.45, 7) is 21.0. The van der Waals surface area contributed by atoms with Crippen molar-refractivity contribution >= 4 is 82.6 Å². The van der Waals surface area contributed by atoms with E-state index in [-0.39, 0.29) is 75.1 Å². The lowest BCUT2D eigenvalue weighted by molar-refractivity contribution is -0.387. The minimum absolute atomic E-state index is 0.0702. The Morgan fingerprint density at radius 3 is 1.02 bits per heavy atom. The standard InChI is InChI=1S/C15H18N4O5.C15H20N4O3.C14H21NO3.C9H13NO.C7H7ClO2S.C7H15NO3.C7H8O3S.C6H6ClN3O4/c1-22-13-12(19(20)21)14(23-2)18-15(17-13)16-8-9-24-10-11-6-4-3-5-7-11;1-20-13-12(16)14(21-2)19-15(18-13)17-8-9-22-10-11-6-4-3-5-7-11;1-14(2,3)18-13(16)15-9-10-17-11-12-7-5-4-6-8-12;10-6-7-11-8-9-4-2-1-3-5-9;1-6-2-4-7(5-3-6)11(8,9)10;1-7(2,3)11-6(10)8-4-5-9;1-6-2-4-7(5-3-6)11(8,9)10;1-13-4-3(10(11)12)5(14-2)9-6(7)8-4/h3-7H,8-10H2,1-2H3,(H,16,17,18);3-7H,8-10,16H2,1-2H3,(H,17,18,19);4-8H,9-11H2,1-3H3,(H,15,16);1-5H,6-8,10H2;2-5H,1H3;9H,4-5H2,1-3H3,(H,8,10);2-5H,1H3,(H,8,9,10);1-2H3/p-1. The Balaban J connectivity index is 0.000000482. The van der Waals surface area contributed by atoms with Gasteiger partial charge in [-0.2, -0.15) is 29.9 Å². The van der Waals surface area contributed by atoms with E-state index in [9.17, 15) is 51.2 Å². The summed E-state index contributed by atoms with van der Waals surface area (Å²) in [6.07, 6.45) is -0.905. The molecule has 0 fully saturated rings. The van der Waals surface area contributed by atoms with Crippen LogP contribution in [0.5, 0.6) is 35.3 Å². The predicted molar refractivity (Wildman–Crippen MR) is 457 cm³/mol. The first kappa shape index (κ1) is 106. The largest absolute Gasteiger partial charge is 0.744 e. The number of anilines is 3. The van der Waals surface area contributed by atoms with Gasteiger partial charge in [-0.3, -0.25) is 20.2 Å². The van der Waals surface area contributed by atoms with Crippen molar-refractivity contribution < 1.29 is 103 Å². The van der Waals surface area contributed by atoms with Crippen molar-refractivity contribution in [2.45, 2.75) is 103 Å². The van der Waals surface area contributed by atoms with Crippen LogP contribution in [0.15, 0.2) is 180 Å². The number of alkyl carbamates (subject to hydrolysis) is 2. The molecular weight excluding hydrogens is 1680 g/mol. The third kappa shape index (κ3) is 46.8. The number of nitrogen functional groups attached to an aromatic ring is 1. The van der Waals surface area contributed by atoms with E-state index in [0.29, 0.717) is 85.0 Å². The maximum atomic E-state index is 11.3. The van der Waals surface area contributed by atoms with E-state index in [2.05, 4.69) is 60.6 Å². The molecule has 0 atom stereocenters. The molecule has 9 rings (SSSR count). The monoisotopic (exact) mass is 1780 g/mol. The number of rotatable bonds is 33. The quantitative estimate of drug-likeness (QED) is 0.00501. The highest BCUT2D eigenvalue weighted by molar-refractivity contribution is 8.13. The van der Waals surface area contributed by atoms with Crippen molar-refractivity contribution in [3.05, 3.63) is 229 Å². The van der Waals surface area contributed by atoms with Gasteiger partial charge in [0, 0.05) is 43.4 Å². The summed E-state index contributed by atoms with van der Waals surface area (Å²) in [5.41, 5.74) is 16.0. The number of halogens is 2. The van der Waals surface area contributed by atoms with Crippen molar-refractivity contribution in [2.24, 2.45) is 5.73 Å². The smallest absolute Gasteiger partial charge is 0.407 e. The topological polar surface area (TPSA) is 520 Å². The molecule has 0 bridgehead atoms. The lowest BCUT2D eigenvalue weighted by atomic mass is 10.2. The van der Waals surface area contributed by atoms with Crippen LogP contribution in [0.4, 0.5) is 38.5 Å². The second-order valence-electron chi connectivity index (χ2n) is 26.2. The third-order valence-electron chi connectivity index (χ3n) is 14.1. The van der Waals surface area contributed by atoms with Crippen molar-refractivity contribution in [2.75, 3.05) is 125 Å². The van der Waals surface area contributed by atoms with Crippen LogP contribution in [-0.2, 0) is 74.0 Å². The highest BCUT2D eigenvalue weighted by atomic mass is 35.7. The number of hydrogen-bond acceptors (Lipinski definition) is 34. The van der Waals surface area contributed by atoms with Gasteiger partial charge in [0.05, 0.1) is 122 Å². The zero-order chi connectivity index (χ0) is 91.1. The van der Waals surface area contributed by atoms with Crippen LogP contribution in [0.2, 0.25) is 5.28 Å². The Kier molecular flexibility index (Phi) is 50.8. The number of ether oxygens (including phenoxy) is 12. The van der Waals surface area contributed by atoms with E-state index in [0.717, 1.165) is 27.8 Å². The molecule has 0 saturated carbocycles. The maximum absolute atomic E-state index is 11.3. The summed E-state index contributed by atoms with van der Waals surface area (Å²) in [6, 6.07) is 51.9. The first-order chi connectivity index (χ1) is 57.8. The maximum Gasteiger partial charge on any atom is 0.407 e. The van der Waals surface area contributed by atoms with Gasteiger partial charge in [-0.1, -0.05) is 157 Å². The Morgan fingerprint density at radius 1 is 0.451 bits per heavy atom. The zero-order valence-corrected chi connectivity index (χ0v) is 73.4. The molecule has 0 saturated heterocycles. The predicted octanol–water partition coefficient (Wildman–Crippen LogP) is 12.0. The van der Waals surface area contributed by atoms with Crippen LogP contribution in [0.25, 0.3) is 0 Å². The van der Waals surface area contributed by atoms with Crippen LogP contribution in [0.3, 0.4) is 0 Å². The van der Waals surface area contributed by atoms with Crippen LogP contribution in [0, 0.1) is 34.1 Å². The summed E-state index contributed by atoms with van der Waals surface area (Å²) in [4.78, 5) is 65.6. The Labute approximate surface area is 719 Å². The number of nitrogens with two attached hydrogens (primary N) is 2. The number of hydrogen-bond donors (Lipinski definition) is 7. The van der Waals surface area contributed by atoms with Gasteiger partial charge in [0.2, 0.25) is 28.9 Å². The van der Waals surface area contributed by atoms with Gasteiger partial charge in [-0.25, -0.2) is 26.4 Å². The van der Waals surface area contributed by atoms with Crippen LogP contribution < -0.4 is 61.2 Å². The molecule has 0 radical (unpaired) electrons. The highest BCUT2D eigenvalue weighted by Crippen LogP contribution is 2.36. The summed E-state index contributed by atoms with van der Waals surface area (Å²) in [7, 11) is 5.32. The number of carbonyl (C=O) groups is 2. The van der Waals surface area contributed by atoms with Gasteiger partial charge in [0.1, 0.15) is 21.3 Å². The van der Waals surface area contributed by atoms with Gasteiger partial charge in [0.15, 0.2) is 5.69 Å². The fourth-order valence-electron chi connectivity index (χ4n) is 8.61. The highest BCUT2D eigenvalue weighted by Gasteiger charge is 2.28. The van der Waals surface area contributed by atoms with Gasteiger partial charge in [-0.05, 0) is 114 Å². The lowest BCUT2D eigenvalue weighted by Gasteiger charge is -2.19. The number of aromatic nitrogens is 6. The first-order valence-corrected chi connectivity index (χ1v) is 40.9. The van der Waals surface area contributed by atoms with Gasteiger partial charge in [0.25, 0.3) is 9.05 Å². The number of methoxy groups -OCH3 is 6. The first-order valence-electron chi connectivity index (χ1n) is 36.8. The van der Waals surface area contributed by atoms with E-state index in [4.69, 9.17) is 86.2 Å². The summed E-state index contributed by atoms with van der Waals surface area (Å²) in [5, 5.41) is 40.8. The molecular formula is C80H107Cl2N14O24S2-. The Bertz CT molecular complexity index is 4590. The average molecular weight is 1780 g/mol. The molecule has 0 spiro atoms. The number of benzene rings is 6. The number of aliphatic hydroxyl groups excluding tert-OH is 1. The molecule has 42 heteroatoms. The fourth-order valence-corrected chi connectivity index (χ4v) is 10.0. The summed E-state index contributed by atoms with van der Waals surface area (Å²) in [5.74, 6) is 0.306. The Morgan fingerprint density at radius 2 is 0.738 bits per heavy atom. The fraction of sp³-hybridized carbons (Fsp3) is 0.375. The van der Waals surface area contributed by atoms with Gasteiger partial charge >= 0.3 is 47.1 Å². The number of carbonyl (C=O) groups excluding carboxylic acids is 2. The molecule has 2 amide bonds. The Hall–Kier alpha value is -11.7. The minimum atomic E-state index is -4.27. The molecule has 0 aliphatic rings. The van der Waals surface area contributed by atoms with E-state index in [1.807, 2.05) is 156 Å². The van der Waals surface area contributed by atoms with Crippen molar-refractivity contribution in [1.29, 1.82) is 0 Å². The molecule has 668 valence electrons. The van der Waals surface area contributed by atoms with Crippen LogP contribution in [0.1, 0.15) is 74.9 Å². The molecule has 0 aliphatic carbocycles. The molecule has 0 unspecified atom stereocenters. The van der Waals surface area contributed by atoms with Crippen molar-refractivity contribution in [3.63, 3.8) is 0 Å². The second-order valence-corrected chi connectivity index (χ2v) is 30.4. The normalized spacial score (nSPS) is 10.5. The van der Waals surface area contributed by atoms with Crippen LogP contribution in [-0.4, -0.2) is 198 Å². The zero-order valence-electron chi connectivity index (χ0n) is 70.2. The number of aryl methyl sites for hydroxylation is 2. The molecule has 122 heavy (non-hydrogen) atoms. The molecule has 3 aromatic heterocycles. The lowest BCUT2D eigenvalue weighted by Crippen LogP contribution is -2.34. The van der Waals surface area contributed by atoms with E-state index in [1.165, 1.54) is 72.5 Å². The molecule has 6 aromatic carbocycles. The second kappa shape index (κ2) is 58.3.